The molecule has 1 aromatic rings. The Morgan fingerprint density at radius 2 is 1.36 bits per heavy atom. The lowest BCUT2D eigenvalue weighted by atomic mass is 9.79. The standard InChI is InChI=1S/C14H16N2O6/c1-8-4-6-11(7-5-8)13(12(9(2)17)10(3)18)14(15(19)20)16(21)22/h4-7,12-14H,1-3H3. The molecule has 0 N–H and O–H groups in total. The van der Waals surface area contributed by atoms with Gasteiger partial charge < -0.3 is 0 Å². The van der Waals surface area contributed by atoms with Crippen LogP contribution < -0.4 is 0 Å². The highest BCUT2D eigenvalue weighted by molar-refractivity contribution is 6.01. The molecular formula is C14H16N2O6. The summed E-state index contributed by atoms with van der Waals surface area (Å²) < 4.78 is 0. The van der Waals surface area contributed by atoms with Gasteiger partial charge in [0.05, 0.1) is 15.8 Å². The van der Waals surface area contributed by atoms with Gasteiger partial charge in [-0.3, -0.25) is 29.8 Å². The molecule has 1 unspecified atom stereocenters. The van der Waals surface area contributed by atoms with Crippen LogP contribution in [0.5, 0.6) is 0 Å². The molecule has 1 atom stereocenters. The molecule has 0 saturated heterocycles. The second-order valence-corrected chi connectivity index (χ2v) is 5.12. The van der Waals surface area contributed by atoms with Crippen LogP contribution in [0.2, 0.25) is 0 Å². The first-order valence-corrected chi connectivity index (χ1v) is 6.51. The van der Waals surface area contributed by atoms with E-state index in [0.29, 0.717) is 0 Å². The maximum atomic E-state index is 11.8. The fourth-order valence-corrected chi connectivity index (χ4v) is 2.46. The summed E-state index contributed by atoms with van der Waals surface area (Å²) in [6.45, 7) is 3.99. The zero-order chi connectivity index (χ0) is 17.0. The Balaban J connectivity index is 3.52. The molecule has 0 amide bonds. The highest BCUT2D eigenvalue weighted by atomic mass is 16.7. The van der Waals surface area contributed by atoms with E-state index in [-0.39, 0.29) is 5.56 Å². The Hall–Kier alpha value is -2.64. The van der Waals surface area contributed by atoms with Crippen LogP contribution in [-0.2, 0) is 9.59 Å². The van der Waals surface area contributed by atoms with Crippen LogP contribution in [0, 0.1) is 33.1 Å². The third kappa shape index (κ3) is 3.72. The molecule has 0 radical (unpaired) electrons. The average molecular weight is 308 g/mol. The Morgan fingerprint density at radius 3 is 1.68 bits per heavy atom. The van der Waals surface area contributed by atoms with Crippen LogP contribution in [0.15, 0.2) is 24.3 Å². The van der Waals surface area contributed by atoms with Gasteiger partial charge in [0, 0.05) is 0 Å². The third-order valence-corrected chi connectivity index (χ3v) is 3.45. The monoisotopic (exact) mass is 308 g/mol. The van der Waals surface area contributed by atoms with Crippen LogP contribution in [-0.4, -0.2) is 27.6 Å². The molecule has 118 valence electrons. The predicted octanol–water partition coefficient (Wildman–Crippen LogP) is 1.75. The first kappa shape index (κ1) is 17.4. The number of Topliss-reactive ketones (excluding diaryl/α,β-unsaturated/α-hetero) is 2. The summed E-state index contributed by atoms with van der Waals surface area (Å²) >= 11 is 0. The molecule has 22 heavy (non-hydrogen) atoms. The van der Waals surface area contributed by atoms with E-state index in [1.807, 2.05) is 0 Å². The lowest BCUT2D eigenvalue weighted by Gasteiger charge is -2.21. The van der Waals surface area contributed by atoms with E-state index in [4.69, 9.17) is 0 Å². The zero-order valence-corrected chi connectivity index (χ0v) is 12.4. The summed E-state index contributed by atoms with van der Waals surface area (Å²) in [6.07, 6.45) is -2.26. The number of nitro groups is 2. The fraction of sp³-hybridized carbons (Fsp3) is 0.429. The van der Waals surface area contributed by atoms with E-state index in [1.165, 1.54) is 12.1 Å². The number of carbonyl (C=O) groups is 2. The summed E-state index contributed by atoms with van der Waals surface area (Å²) in [5.74, 6) is -4.14. The summed E-state index contributed by atoms with van der Waals surface area (Å²) in [4.78, 5) is 43.6. The molecule has 8 heteroatoms. The van der Waals surface area contributed by atoms with Gasteiger partial charge >= 0.3 is 6.17 Å². The van der Waals surface area contributed by atoms with Crippen LogP contribution in [0.1, 0.15) is 30.9 Å². The summed E-state index contributed by atoms with van der Waals surface area (Å²) in [5.41, 5.74) is 1.07. The molecule has 0 aliphatic heterocycles. The first-order chi connectivity index (χ1) is 10.2. The van der Waals surface area contributed by atoms with Crippen molar-refractivity contribution in [2.75, 3.05) is 0 Å². The number of nitrogens with zero attached hydrogens (tertiary/aromatic N) is 2. The molecule has 0 heterocycles. The minimum absolute atomic E-state index is 0.222. The molecule has 0 fully saturated rings. The summed E-state index contributed by atoms with van der Waals surface area (Å²) in [5, 5.41) is 22.2. The molecule has 1 rings (SSSR count). The third-order valence-electron chi connectivity index (χ3n) is 3.45. The smallest absolute Gasteiger partial charge is 0.299 e. The van der Waals surface area contributed by atoms with Crippen LogP contribution in [0.25, 0.3) is 0 Å². The normalized spacial score (nSPS) is 12.2. The first-order valence-electron chi connectivity index (χ1n) is 6.51. The van der Waals surface area contributed by atoms with Gasteiger partial charge in [-0.1, -0.05) is 29.8 Å². The van der Waals surface area contributed by atoms with Gasteiger partial charge in [0.15, 0.2) is 0 Å². The van der Waals surface area contributed by atoms with Crippen molar-refractivity contribution in [3.05, 3.63) is 55.6 Å². The Labute approximate surface area is 126 Å². The highest BCUT2D eigenvalue weighted by Crippen LogP contribution is 2.32. The second-order valence-electron chi connectivity index (χ2n) is 5.12. The summed E-state index contributed by atoms with van der Waals surface area (Å²) in [7, 11) is 0. The van der Waals surface area contributed by atoms with Gasteiger partial charge in [0.1, 0.15) is 17.5 Å². The van der Waals surface area contributed by atoms with Crippen molar-refractivity contribution in [2.24, 2.45) is 5.92 Å². The van der Waals surface area contributed by atoms with E-state index in [0.717, 1.165) is 19.4 Å². The molecule has 0 aromatic heterocycles. The second kappa shape index (κ2) is 6.88. The van der Waals surface area contributed by atoms with Gasteiger partial charge in [-0.2, -0.15) is 0 Å². The van der Waals surface area contributed by atoms with Crippen LogP contribution in [0.4, 0.5) is 0 Å². The zero-order valence-electron chi connectivity index (χ0n) is 12.4. The van der Waals surface area contributed by atoms with Gasteiger partial charge in [-0.05, 0) is 26.3 Å². The molecule has 1 aromatic carbocycles. The fourth-order valence-electron chi connectivity index (χ4n) is 2.46. The topological polar surface area (TPSA) is 120 Å². The van der Waals surface area contributed by atoms with E-state index >= 15 is 0 Å². The molecule has 0 bridgehead atoms. The van der Waals surface area contributed by atoms with Crippen molar-refractivity contribution in [3.8, 4) is 0 Å². The lowest BCUT2D eigenvalue weighted by molar-refractivity contribution is -0.746. The van der Waals surface area contributed by atoms with E-state index < -0.39 is 39.4 Å². The van der Waals surface area contributed by atoms with Gasteiger partial charge in [-0.25, -0.2) is 0 Å². The van der Waals surface area contributed by atoms with Crippen molar-refractivity contribution >= 4 is 11.6 Å². The van der Waals surface area contributed by atoms with Gasteiger partial charge in [-0.15, -0.1) is 0 Å². The molecule has 0 aliphatic carbocycles. The number of ketones is 2. The minimum atomic E-state index is -2.26. The van der Waals surface area contributed by atoms with Crippen LogP contribution in [0.3, 0.4) is 0 Å². The molecule has 0 spiro atoms. The number of hydrogen-bond donors (Lipinski definition) is 0. The maximum Gasteiger partial charge on any atom is 0.458 e. The maximum absolute atomic E-state index is 11.8. The van der Waals surface area contributed by atoms with Crippen molar-refractivity contribution < 1.29 is 19.4 Å². The molecule has 8 nitrogen and oxygen atoms in total. The lowest BCUT2D eigenvalue weighted by Crippen LogP contribution is -2.43. The predicted molar refractivity (Wildman–Crippen MR) is 76.5 cm³/mol. The number of aryl methyl sites for hydroxylation is 1. The highest BCUT2D eigenvalue weighted by Gasteiger charge is 2.50. The van der Waals surface area contributed by atoms with Gasteiger partial charge in [0.25, 0.3) is 0 Å². The van der Waals surface area contributed by atoms with E-state index in [2.05, 4.69) is 0 Å². The molecule has 0 aliphatic rings. The number of rotatable bonds is 7. The number of carbonyl (C=O) groups excluding carboxylic acids is 2. The van der Waals surface area contributed by atoms with E-state index in [1.54, 1.807) is 19.1 Å². The quantitative estimate of drug-likeness (QED) is 0.327. The number of hydrogen-bond acceptors (Lipinski definition) is 6. The molecule has 0 saturated carbocycles. The molecular weight excluding hydrogens is 292 g/mol. The number of benzene rings is 1. The van der Waals surface area contributed by atoms with Crippen molar-refractivity contribution in [1.29, 1.82) is 0 Å². The largest absolute Gasteiger partial charge is 0.458 e. The average Bonchev–Trinajstić information content (AvgIpc) is 2.37. The summed E-state index contributed by atoms with van der Waals surface area (Å²) in [6, 6.07) is 6.19. The van der Waals surface area contributed by atoms with Crippen molar-refractivity contribution in [1.82, 2.24) is 0 Å². The minimum Gasteiger partial charge on any atom is -0.299 e. The van der Waals surface area contributed by atoms with Crippen molar-refractivity contribution in [3.63, 3.8) is 0 Å². The van der Waals surface area contributed by atoms with Crippen molar-refractivity contribution in [2.45, 2.75) is 32.9 Å². The van der Waals surface area contributed by atoms with Crippen LogP contribution >= 0.6 is 0 Å². The Bertz CT molecular complexity index is 550. The van der Waals surface area contributed by atoms with Gasteiger partial charge in [0.2, 0.25) is 0 Å². The SMILES string of the molecule is CC(=O)C(C(C)=O)C(c1ccc(C)cc1)C([N+](=O)[O-])[N+](=O)[O-]. The van der Waals surface area contributed by atoms with E-state index in [9.17, 15) is 29.8 Å². The Kier molecular flexibility index (Phi) is 5.44. The Morgan fingerprint density at radius 1 is 0.955 bits per heavy atom.